The van der Waals surface area contributed by atoms with Crippen molar-refractivity contribution in [3.8, 4) is 0 Å². The van der Waals surface area contributed by atoms with Crippen LogP contribution >= 0.6 is 0 Å². The molecule has 2 fully saturated rings. The lowest BCUT2D eigenvalue weighted by molar-refractivity contribution is -0.383. The first-order chi connectivity index (χ1) is 20.6. The Kier molecular flexibility index (Phi) is 23.8. The lowest BCUT2D eigenvalue weighted by atomic mass is 9.99. The van der Waals surface area contributed by atoms with E-state index in [2.05, 4.69) is 0 Å². The number of carbonyl (C=O) groups excluding carboxylic acids is 1. The van der Waals surface area contributed by atoms with Crippen LogP contribution in [0.1, 0.15) is 6.92 Å². The van der Waals surface area contributed by atoms with Crippen molar-refractivity contribution in [2.75, 3.05) is 46.2 Å². The summed E-state index contributed by atoms with van der Waals surface area (Å²) >= 11 is 0. The van der Waals surface area contributed by atoms with Gasteiger partial charge in [0.05, 0.1) is 33.0 Å². The Hall–Kier alpha value is -1.13. The Labute approximate surface area is 251 Å². The molecule has 0 aliphatic carbocycles. The van der Waals surface area contributed by atoms with Crippen LogP contribution in [0.25, 0.3) is 0 Å². The monoisotopic (exact) mass is 660 g/mol. The zero-order valence-corrected chi connectivity index (χ0v) is 23.8. The first-order valence-electron chi connectivity index (χ1n) is 13.1. The van der Waals surface area contributed by atoms with Crippen LogP contribution in [0, 0.1) is 0 Å². The maximum absolute atomic E-state index is 10.00. The molecule has 2 heterocycles. The average molecular weight is 661 g/mol. The number of ether oxygens (including phenoxy) is 3. The Morgan fingerprint density at radius 3 is 1.57 bits per heavy atom. The lowest BCUT2D eigenvalue weighted by Gasteiger charge is -2.43. The normalized spacial score (nSPS) is 34.2. The minimum Gasteiger partial charge on any atom is -0.397 e. The molecule has 2 aliphatic heterocycles. The third-order valence-corrected chi connectivity index (χ3v) is 5.91. The van der Waals surface area contributed by atoms with Gasteiger partial charge in [0.15, 0.2) is 12.6 Å². The van der Waals surface area contributed by atoms with E-state index in [1.54, 1.807) is 6.92 Å². The van der Waals surface area contributed by atoms with E-state index in [4.69, 9.17) is 70.4 Å². The zero-order chi connectivity index (χ0) is 34.8. The van der Waals surface area contributed by atoms with Crippen molar-refractivity contribution in [1.29, 1.82) is 0 Å². The highest BCUT2D eigenvalue weighted by molar-refractivity contribution is 5.56. The second kappa shape index (κ2) is 23.2. The van der Waals surface area contributed by atoms with Crippen LogP contribution in [-0.2, 0) is 19.0 Å². The summed E-state index contributed by atoms with van der Waals surface area (Å²) in [5, 5.41) is 152. The predicted octanol–water partition coefficient (Wildman–Crippen LogP) is -10.4. The largest absolute Gasteiger partial charge is 0.397 e. The smallest absolute Gasteiger partial charge is 0.224 e. The van der Waals surface area contributed by atoms with Crippen LogP contribution in [0.4, 0.5) is 0 Å². The highest BCUT2D eigenvalue weighted by Gasteiger charge is 2.58. The van der Waals surface area contributed by atoms with Crippen molar-refractivity contribution >= 4 is 6.29 Å². The number of rotatable bonds is 12. The first-order valence-corrected chi connectivity index (χ1v) is 13.1. The molecule has 0 saturated carbocycles. The molecule has 266 valence electrons. The van der Waals surface area contributed by atoms with Crippen LogP contribution < -0.4 is 0 Å². The van der Waals surface area contributed by atoms with Gasteiger partial charge in [-0.2, -0.15) is 0 Å². The van der Waals surface area contributed by atoms with Crippen LogP contribution in [0.2, 0.25) is 0 Å². The minimum atomic E-state index is -2.22. The summed E-state index contributed by atoms with van der Waals surface area (Å²) in [7, 11) is 0. The molecule has 21 heteroatoms. The Morgan fingerprint density at radius 1 is 0.727 bits per heavy atom. The number of aliphatic hydroxyl groups excluding tert-OH is 17. The Bertz CT molecular complexity index is 715. The molecule has 0 amide bonds. The third kappa shape index (κ3) is 13.3. The number of aliphatic hydroxyl groups is 17. The topological polar surface area (TPSA) is 389 Å². The van der Waals surface area contributed by atoms with Crippen molar-refractivity contribution in [3.05, 3.63) is 0 Å². The van der Waals surface area contributed by atoms with Gasteiger partial charge in [0.25, 0.3) is 0 Å². The van der Waals surface area contributed by atoms with Crippen molar-refractivity contribution < 1.29 is 106 Å². The molecule has 2 aliphatic rings. The van der Waals surface area contributed by atoms with E-state index < -0.39 is 112 Å². The molecular formula is C23H48O21. The third-order valence-electron chi connectivity index (χ3n) is 5.91. The molecule has 0 aromatic rings. The fraction of sp³-hybridized carbons (Fsp3) is 0.957. The van der Waals surface area contributed by atoms with Gasteiger partial charge in [0.2, 0.25) is 5.79 Å². The van der Waals surface area contributed by atoms with E-state index in [9.17, 15) is 35.4 Å². The summed E-state index contributed by atoms with van der Waals surface area (Å²) in [5.41, 5.74) is 0. The number of aldehydes is 1. The van der Waals surface area contributed by atoms with E-state index >= 15 is 0 Å². The molecule has 0 aromatic heterocycles. The second-order valence-electron chi connectivity index (χ2n) is 9.25. The van der Waals surface area contributed by atoms with Gasteiger partial charge in [-0.3, -0.25) is 0 Å². The molecule has 2 rings (SSSR count). The molecule has 44 heavy (non-hydrogen) atoms. The van der Waals surface area contributed by atoms with E-state index in [-0.39, 0.29) is 26.1 Å². The van der Waals surface area contributed by atoms with Gasteiger partial charge in [0.1, 0.15) is 79.9 Å². The molecule has 21 nitrogen and oxygen atoms in total. The summed E-state index contributed by atoms with van der Waals surface area (Å²) in [6.07, 6.45) is -20.4. The van der Waals surface area contributed by atoms with Crippen molar-refractivity contribution in [2.45, 2.75) is 92.2 Å². The molecular weight excluding hydrogens is 612 g/mol. The minimum absolute atomic E-state index is 0.0258. The molecule has 17 N–H and O–H groups in total. The standard InChI is InChI=1S/C12H22O11.C6H12O6.C3H8O3.C2H6O/c13-1-4-6(16)8(18)9(19)11(21-4)23-12(3-15)10(20)7(17)5(2-14)22-12;7-1-3(9)5(11)6(12)4(10)2-8;4-1-3(6)2-5;1-2-3/h4-11,13-20H,1-3H2;1,3-6,8-12H,2H2;3-6H,1-2H2;3H,2H2,1H3/t4-,5-,6-,7-,8+,9-,10+,11-,12+;3-,4+,5+,6+;;/m10../s1. The summed E-state index contributed by atoms with van der Waals surface area (Å²) in [4.78, 5) is 9.90. The van der Waals surface area contributed by atoms with Gasteiger partial charge in [-0.15, -0.1) is 0 Å². The summed E-state index contributed by atoms with van der Waals surface area (Å²) < 4.78 is 15.4. The molecule has 13 atom stereocenters. The maximum atomic E-state index is 10.00. The molecule has 0 unspecified atom stereocenters. The van der Waals surface area contributed by atoms with Crippen LogP contribution in [-0.4, -0.2) is 225 Å². The van der Waals surface area contributed by atoms with Crippen LogP contribution in [0.15, 0.2) is 0 Å². The SMILES string of the molecule is CCO.O=C[C@H](O)[C@@H](O)[C@H](O)[C@H](O)CO.OCC(O)CO.OC[C@H]1O[C@@](CO)(O[C@H]2O[C@H](CO)[C@@H](O)[C@H](O)[C@H]2O)[C@@H](O)[C@@H]1O. The molecule has 0 aromatic carbocycles. The number of hydrogen-bond acceptors (Lipinski definition) is 21. The lowest BCUT2D eigenvalue weighted by Crippen LogP contribution is -2.62. The highest BCUT2D eigenvalue weighted by atomic mass is 16.8. The van der Waals surface area contributed by atoms with Crippen molar-refractivity contribution in [1.82, 2.24) is 0 Å². The van der Waals surface area contributed by atoms with E-state index in [0.29, 0.717) is 0 Å². The Morgan fingerprint density at radius 2 is 1.23 bits per heavy atom. The second-order valence-corrected chi connectivity index (χ2v) is 9.25. The van der Waals surface area contributed by atoms with Gasteiger partial charge >= 0.3 is 0 Å². The quantitative estimate of drug-likeness (QED) is 0.0863. The van der Waals surface area contributed by atoms with E-state index in [0.717, 1.165) is 0 Å². The zero-order valence-electron chi connectivity index (χ0n) is 23.8. The van der Waals surface area contributed by atoms with E-state index in [1.165, 1.54) is 0 Å². The van der Waals surface area contributed by atoms with Gasteiger partial charge in [-0.25, -0.2) is 0 Å². The van der Waals surface area contributed by atoms with Crippen molar-refractivity contribution in [3.63, 3.8) is 0 Å². The predicted molar refractivity (Wildman–Crippen MR) is 139 cm³/mol. The maximum Gasteiger partial charge on any atom is 0.224 e. The Balaban J connectivity index is 0. The summed E-state index contributed by atoms with van der Waals surface area (Å²) in [5.74, 6) is -2.22. The van der Waals surface area contributed by atoms with Gasteiger partial charge in [0, 0.05) is 6.61 Å². The summed E-state index contributed by atoms with van der Waals surface area (Å²) in [6, 6.07) is 0. The van der Waals surface area contributed by atoms with Crippen molar-refractivity contribution in [2.24, 2.45) is 0 Å². The molecule has 0 bridgehead atoms. The van der Waals surface area contributed by atoms with Gasteiger partial charge < -0.3 is 106 Å². The van der Waals surface area contributed by atoms with Crippen LogP contribution in [0.5, 0.6) is 0 Å². The van der Waals surface area contributed by atoms with Gasteiger partial charge in [-0.05, 0) is 6.92 Å². The average Bonchev–Trinajstić information content (AvgIpc) is 3.28. The van der Waals surface area contributed by atoms with Gasteiger partial charge in [-0.1, -0.05) is 0 Å². The fourth-order valence-corrected chi connectivity index (χ4v) is 3.31. The highest BCUT2D eigenvalue weighted by Crippen LogP contribution is 2.35. The molecule has 2 saturated heterocycles. The number of carbonyl (C=O) groups is 1. The molecule has 0 radical (unpaired) electrons. The van der Waals surface area contributed by atoms with E-state index in [1.807, 2.05) is 0 Å². The fourth-order valence-electron chi connectivity index (χ4n) is 3.31. The van der Waals surface area contributed by atoms with Crippen LogP contribution in [0.3, 0.4) is 0 Å². The molecule has 0 spiro atoms. The number of hydrogen-bond donors (Lipinski definition) is 17. The first kappa shape index (κ1) is 45.0. The summed E-state index contributed by atoms with van der Waals surface area (Å²) in [6.45, 7) is -1.88.